The van der Waals surface area contributed by atoms with E-state index < -0.39 is 17.6 Å². The van der Waals surface area contributed by atoms with E-state index in [1.165, 1.54) is 6.07 Å². The molecule has 33 heavy (non-hydrogen) atoms. The Hall–Kier alpha value is -2.48. The van der Waals surface area contributed by atoms with Gasteiger partial charge in [-0.1, -0.05) is 41.9 Å². The molecule has 0 spiro atoms. The molecule has 4 rings (SSSR count). The normalized spacial score (nSPS) is 16.0. The number of rotatable bonds is 6. The van der Waals surface area contributed by atoms with Crippen molar-refractivity contribution in [1.29, 1.82) is 0 Å². The summed E-state index contributed by atoms with van der Waals surface area (Å²) >= 11 is 6.05. The molecule has 0 unspecified atom stereocenters. The van der Waals surface area contributed by atoms with E-state index >= 15 is 0 Å². The number of benzene rings is 2. The first-order valence-electron chi connectivity index (χ1n) is 10.6. The fourth-order valence-electron chi connectivity index (χ4n) is 4.30. The predicted molar refractivity (Wildman–Crippen MR) is 120 cm³/mol. The molecule has 0 amide bonds. The minimum atomic E-state index is -4.57. The van der Waals surface area contributed by atoms with E-state index in [1.807, 2.05) is 18.2 Å². The van der Waals surface area contributed by atoms with Gasteiger partial charge in [-0.05, 0) is 66.9 Å². The van der Waals surface area contributed by atoms with Crippen molar-refractivity contribution in [2.24, 2.45) is 0 Å². The number of hydrogen-bond donors (Lipinski definition) is 1. The summed E-state index contributed by atoms with van der Waals surface area (Å²) < 4.78 is 60.4. The number of hydrogen-bond acceptors (Lipinski definition) is 3. The van der Waals surface area contributed by atoms with E-state index in [4.69, 9.17) is 16.3 Å². The highest BCUT2D eigenvalue weighted by Crippen LogP contribution is 2.37. The quantitative estimate of drug-likeness (QED) is 0.329. The fraction of sp³-hybridized carbons (Fsp3) is 0.320. The highest BCUT2D eigenvalue weighted by Gasteiger charge is 2.35. The molecule has 0 saturated carbocycles. The Bertz CT molecular complexity index is 1100. The van der Waals surface area contributed by atoms with Crippen LogP contribution in [0.15, 0.2) is 60.8 Å². The van der Waals surface area contributed by atoms with Crippen molar-refractivity contribution in [1.82, 2.24) is 10.3 Å². The zero-order valence-electron chi connectivity index (χ0n) is 17.8. The van der Waals surface area contributed by atoms with Crippen LogP contribution in [0.3, 0.4) is 0 Å². The SMILES string of the molecule is Fc1cnc(Cl)c(-c2cc(COCC3(c4ccccc4)CCNCC3)cc(C(F)(F)F)c2)c1. The molecule has 8 heteroatoms. The van der Waals surface area contributed by atoms with Gasteiger partial charge in [-0.2, -0.15) is 13.2 Å². The lowest BCUT2D eigenvalue weighted by molar-refractivity contribution is -0.137. The Balaban J connectivity index is 1.60. The number of pyridine rings is 1. The van der Waals surface area contributed by atoms with Gasteiger partial charge in [0.1, 0.15) is 11.0 Å². The summed E-state index contributed by atoms with van der Waals surface area (Å²) in [6, 6.07) is 14.7. The van der Waals surface area contributed by atoms with Gasteiger partial charge >= 0.3 is 6.18 Å². The molecule has 1 aromatic heterocycles. The Morgan fingerprint density at radius 2 is 1.76 bits per heavy atom. The van der Waals surface area contributed by atoms with E-state index in [9.17, 15) is 17.6 Å². The van der Waals surface area contributed by atoms with Gasteiger partial charge in [-0.25, -0.2) is 9.37 Å². The lowest BCUT2D eigenvalue weighted by Crippen LogP contribution is -2.43. The maximum absolute atomic E-state index is 13.7. The zero-order valence-corrected chi connectivity index (χ0v) is 18.5. The average Bonchev–Trinajstić information content (AvgIpc) is 2.81. The van der Waals surface area contributed by atoms with Crippen molar-refractivity contribution in [2.75, 3.05) is 19.7 Å². The van der Waals surface area contributed by atoms with E-state index in [2.05, 4.69) is 22.4 Å². The van der Waals surface area contributed by atoms with Crippen LogP contribution in [0.25, 0.3) is 11.1 Å². The molecule has 0 aliphatic carbocycles. The Morgan fingerprint density at radius 3 is 2.45 bits per heavy atom. The topological polar surface area (TPSA) is 34.1 Å². The molecule has 1 aliphatic rings. The fourth-order valence-corrected chi connectivity index (χ4v) is 4.51. The van der Waals surface area contributed by atoms with Crippen molar-refractivity contribution < 1.29 is 22.3 Å². The molecule has 0 bridgehead atoms. The smallest absolute Gasteiger partial charge is 0.376 e. The third kappa shape index (κ3) is 5.54. The summed E-state index contributed by atoms with van der Waals surface area (Å²) in [6.45, 7) is 2.06. The van der Waals surface area contributed by atoms with Crippen LogP contribution in [0.5, 0.6) is 0 Å². The van der Waals surface area contributed by atoms with Crippen LogP contribution >= 0.6 is 11.6 Å². The molecule has 1 fully saturated rings. The van der Waals surface area contributed by atoms with Crippen LogP contribution in [0.2, 0.25) is 5.15 Å². The highest BCUT2D eigenvalue weighted by atomic mass is 35.5. The van der Waals surface area contributed by atoms with E-state index in [0.29, 0.717) is 12.2 Å². The molecule has 2 heterocycles. The number of nitrogens with zero attached hydrogens (tertiary/aromatic N) is 1. The number of halogens is 5. The lowest BCUT2D eigenvalue weighted by atomic mass is 9.74. The summed E-state index contributed by atoms with van der Waals surface area (Å²) in [5.41, 5.74) is 0.681. The standard InChI is InChI=1S/C25H23ClF4N2O/c26-23-22(13-21(27)14-32-23)18-10-17(11-20(12-18)25(28,29)30)15-33-16-24(6-8-31-9-7-24)19-4-2-1-3-5-19/h1-5,10-14,31H,6-9,15-16H2. The van der Waals surface area contributed by atoms with Crippen LogP contribution < -0.4 is 5.32 Å². The number of aromatic nitrogens is 1. The third-order valence-corrected chi connectivity index (χ3v) is 6.33. The largest absolute Gasteiger partial charge is 0.416 e. The molecular formula is C25H23ClF4N2O. The predicted octanol–water partition coefficient (Wildman–Crippen LogP) is 6.40. The van der Waals surface area contributed by atoms with Crippen LogP contribution in [0.4, 0.5) is 17.6 Å². The van der Waals surface area contributed by atoms with Crippen LogP contribution in [0, 0.1) is 5.82 Å². The van der Waals surface area contributed by atoms with Crippen molar-refractivity contribution in [2.45, 2.75) is 31.0 Å². The first-order chi connectivity index (χ1) is 15.8. The molecule has 3 nitrogen and oxygen atoms in total. The van der Waals surface area contributed by atoms with E-state index in [0.717, 1.165) is 55.9 Å². The van der Waals surface area contributed by atoms with Crippen LogP contribution in [-0.2, 0) is 22.9 Å². The van der Waals surface area contributed by atoms with Gasteiger partial charge in [0.05, 0.1) is 25.0 Å². The average molecular weight is 479 g/mol. The summed E-state index contributed by atoms with van der Waals surface area (Å²) in [4.78, 5) is 3.71. The molecule has 1 N–H and O–H groups in total. The first kappa shape index (κ1) is 23.7. The molecule has 1 aliphatic heterocycles. The lowest BCUT2D eigenvalue weighted by Gasteiger charge is -2.38. The minimum Gasteiger partial charge on any atom is -0.376 e. The zero-order chi connectivity index (χ0) is 23.5. The second kappa shape index (κ2) is 9.79. The summed E-state index contributed by atoms with van der Waals surface area (Å²) in [7, 11) is 0. The van der Waals surface area contributed by atoms with Crippen molar-refractivity contribution >= 4 is 11.6 Å². The highest BCUT2D eigenvalue weighted by molar-refractivity contribution is 6.32. The number of nitrogens with one attached hydrogen (secondary N) is 1. The van der Waals surface area contributed by atoms with Gasteiger partial charge in [0.25, 0.3) is 0 Å². The summed E-state index contributed by atoms with van der Waals surface area (Å²) in [5.74, 6) is -0.680. The van der Waals surface area contributed by atoms with E-state index in [1.54, 1.807) is 0 Å². The van der Waals surface area contributed by atoms with Crippen molar-refractivity contribution in [3.05, 3.63) is 88.5 Å². The maximum Gasteiger partial charge on any atom is 0.416 e. The molecule has 3 aromatic rings. The summed E-state index contributed by atoms with van der Waals surface area (Å²) in [6.07, 6.45) is -1.91. The first-order valence-corrected chi connectivity index (χ1v) is 11.0. The van der Waals surface area contributed by atoms with Gasteiger partial charge in [0.15, 0.2) is 0 Å². The Morgan fingerprint density at radius 1 is 1.03 bits per heavy atom. The molecule has 2 aromatic carbocycles. The number of piperidine rings is 1. The van der Waals surface area contributed by atoms with Gasteiger partial charge in [0.2, 0.25) is 0 Å². The second-order valence-corrected chi connectivity index (χ2v) is 8.66. The van der Waals surface area contributed by atoms with Gasteiger partial charge < -0.3 is 10.1 Å². The van der Waals surface area contributed by atoms with Gasteiger partial charge in [-0.15, -0.1) is 0 Å². The number of ether oxygens (including phenoxy) is 1. The van der Waals surface area contributed by atoms with Crippen molar-refractivity contribution in [3.8, 4) is 11.1 Å². The minimum absolute atomic E-state index is 0.0146. The third-order valence-electron chi connectivity index (χ3n) is 6.03. The second-order valence-electron chi connectivity index (χ2n) is 8.30. The van der Waals surface area contributed by atoms with Gasteiger partial charge in [0, 0.05) is 11.0 Å². The summed E-state index contributed by atoms with van der Waals surface area (Å²) in [5, 5.41) is 3.28. The van der Waals surface area contributed by atoms with Crippen LogP contribution in [0.1, 0.15) is 29.5 Å². The Labute approximate surface area is 194 Å². The maximum atomic E-state index is 13.7. The van der Waals surface area contributed by atoms with Crippen molar-refractivity contribution in [3.63, 3.8) is 0 Å². The van der Waals surface area contributed by atoms with E-state index in [-0.39, 0.29) is 28.3 Å². The van der Waals surface area contributed by atoms with Crippen LogP contribution in [-0.4, -0.2) is 24.7 Å². The molecule has 0 atom stereocenters. The molecule has 1 saturated heterocycles. The molecule has 174 valence electrons. The number of alkyl halides is 3. The monoisotopic (exact) mass is 478 g/mol. The molecule has 0 radical (unpaired) electrons. The Kier molecular flexibility index (Phi) is 7.02. The van der Waals surface area contributed by atoms with Gasteiger partial charge in [-0.3, -0.25) is 0 Å². The molecular weight excluding hydrogens is 456 g/mol.